The van der Waals surface area contributed by atoms with Crippen LogP contribution in [0.15, 0.2) is 48.0 Å². The Morgan fingerprint density at radius 2 is 1.92 bits per heavy atom. The van der Waals surface area contributed by atoms with Crippen LogP contribution < -0.4 is 14.8 Å². The molecule has 0 spiro atoms. The van der Waals surface area contributed by atoms with Gasteiger partial charge < -0.3 is 34.6 Å². The molecule has 0 aromatic heterocycles. The summed E-state index contributed by atoms with van der Waals surface area (Å²) in [6.07, 6.45) is -0.0101. The highest BCUT2D eigenvalue weighted by Crippen LogP contribution is 2.37. The molecule has 3 atom stereocenters. The van der Waals surface area contributed by atoms with E-state index in [9.17, 15) is 24.6 Å². The maximum absolute atomic E-state index is 13.2. The molecule has 2 aromatic carbocycles. The lowest BCUT2D eigenvalue weighted by molar-refractivity contribution is -0.143. The first-order valence-electron chi connectivity index (χ1n) is 12.3. The summed E-state index contributed by atoms with van der Waals surface area (Å²) in [6.45, 7) is 1.73. The molecule has 0 saturated heterocycles. The summed E-state index contributed by atoms with van der Waals surface area (Å²) < 4.78 is 17.3. The average Bonchev–Trinajstić information content (AvgIpc) is 2.93. The Hall–Kier alpha value is -3.00. The van der Waals surface area contributed by atoms with E-state index in [0.717, 1.165) is 11.1 Å². The molecule has 0 saturated carbocycles. The number of aliphatic hydroxyl groups excluding tert-OH is 2. The second-order valence-corrected chi connectivity index (χ2v) is 10.3. The summed E-state index contributed by atoms with van der Waals surface area (Å²) in [7, 11) is 2.85. The third-order valence-corrected chi connectivity index (χ3v) is 7.12. The monoisotopic (exact) mass is 652 g/mol. The first-order chi connectivity index (χ1) is 18.7. The zero-order chi connectivity index (χ0) is 28.5. The number of ether oxygens (including phenoxy) is 3. The molecule has 0 aliphatic heterocycles. The van der Waals surface area contributed by atoms with E-state index in [1.54, 1.807) is 6.07 Å². The number of nitrogens with one attached hydrogen (secondary N) is 1. The van der Waals surface area contributed by atoms with Crippen molar-refractivity contribution in [3.63, 3.8) is 0 Å². The van der Waals surface area contributed by atoms with Crippen LogP contribution >= 0.6 is 22.6 Å². The molecular formula is C28H33IN2O8. The SMILES string of the molecule is COCC(=O)N(Cc1ccc(C)cc1)[C@@H]1CC(C(=O)NCCO)=C[C@H](Oc2c(I)cc(C=O)cc2OC)[C@H]1O. The van der Waals surface area contributed by atoms with E-state index in [2.05, 4.69) is 5.32 Å². The third kappa shape index (κ3) is 7.78. The maximum atomic E-state index is 13.2. The molecule has 3 N–H and O–H groups in total. The van der Waals surface area contributed by atoms with Gasteiger partial charge in [0.1, 0.15) is 25.1 Å². The summed E-state index contributed by atoms with van der Waals surface area (Å²) in [5.74, 6) is -0.236. The summed E-state index contributed by atoms with van der Waals surface area (Å²) in [6, 6.07) is 9.96. The van der Waals surface area contributed by atoms with Gasteiger partial charge in [-0.1, -0.05) is 29.8 Å². The Balaban J connectivity index is 2.03. The Kier molecular flexibility index (Phi) is 11.3. The van der Waals surface area contributed by atoms with Crippen LogP contribution in [0.4, 0.5) is 0 Å². The van der Waals surface area contributed by atoms with Crippen LogP contribution in [0.25, 0.3) is 0 Å². The normalized spacial score (nSPS) is 18.6. The Bertz CT molecular complexity index is 1200. The molecule has 11 heteroatoms. The summed E-state index contributed by atoms with van der Waals surface area (Å²) >= 11 is 2.00. The lowest BCUT2D eigenvalue weighted by atomic mass is 9.87. The van der Waals surface area contributed by atoms with Crippen LogP contribution in [0.3, 0.4) is 0 Å². The number of aldehydes is 1. The summed E-state index contributed by atoms with van der Waals surface area (Å²) in [5, 5.41) is 23.4. The number of carbonyl (C=O) groups excluding carboxylic acids is 3. The second kappa shape index (κ2) is 14.4. The Morgan fingerprint density at radius 3 is 2.54 bits per heavy atom. The fraction of sp³-hybridized carbons (Fsp3) is 0.393. The lowest BCUT2D eigenvalue weighted by Crippen LogP contribution is -2.55. The molecule has 2 aromatic rings. The number of hydrogen-bond donors (Lipinski definition) is 3. The van der Waals surface area contributed by atoms with Crippen molar-refractivity contribution in [3.05, 3.63) is 68.3 Å². The second-order valence-electron chi connectivity index (χ2n) is 9.11. The number of rotatable bonds is 12. The van der Waals surface area contributed by atoms with Crippen LogP contribution in [-0.4, -0.2) is 85.4 Å². The molecule has 1 aliphatic carbocycles. The van der Waals surface area contributed by atoms with Gasteiger partial charge in [-0.3, -0.25) is 14.4 Å². The summed E-state index contributed by atoms with van der Waals surface area (Å²) in [5.41, 5.74) is 2.59. The Labute approximate surface area is 241 Å². The third-order valence-electron chi connectivity index (χ3n) is 6.32. The van der Waals surface area contributed by atoms with Gasteiger partial charge in [-0.15, -0.1) is 0 Å². The van der Waals surface area contributed by atoms with Gasteiger partial charge >= 0.3 is 0 Å². The molecule has 0 fully saturated rings. The van der Waals surface area contributed by atoms with Crippen molar-refractivity contribution in [2.75, 3.05) is 34.0 Å². The van der Waals surface area contributed by atoms with E-state index in [-0.39, 0.29) is 50.1 Å². The van der Waals surface area contributed by atoms with Gasteiger partial charge in [-0.05, 0) is 53.3 Å². The van der Waals surface area contributed by atoms with Gasteiger partial charge in [0.2, 0.25) is 11.8 Å². The fourth-order valence-corrected chi connectivity index (χ4v) is 5.08. The van der Waals surface area contributed by atoms with Crippen molar-refractivity contribution >= 4 is 40.7 Å². The number of aliphatic hydroxyl groups is 2. The minimum Gasteiger partial charge on any atom is -0.493 e. The molecular weight excluding hydrogens is 619 g/mol. The van der Waals surface area contributed by atoms with E-state index < -0.39 is 24.2 Å². The number of benzene rings is 2. The van der Waals surface area contributed by atoms with Gasteiger partial charge in [0, 0.05) is 37.8 Å². The largest absolute Gasteiger partial charge is 0.493 e. The minimum atomic E-state index is -1.23. The zero-order valence-electron chi connectivity index (χ0n) is 22.1. The van der Waals surface area contributed by atoms with Gasteiger partial charge in [-0.25, -0.2) is 0 Å². The number of halogens is 1. The number of nitrogens with zero attached hydrogens (tertiary/aromatic N) is 1. The van der Waals surface area contributed by atoms with Crippen LogP contribution in [0.5, 0.6) is 11.5 Å². The van der Waals surface area contributed by atoms with Crippen molar-refractivity contribution in [2.45, 2.75) is 38.1 Å². The molecule has 2 amide bonds. The molecule has 0 bridgehead atoms. The molecule has 0 unspecified atom stereocenters. The van der Waals surface area contributed by atoms with E-state index in [0.29, 0.717) is 21.0 Å². The van der Waals surface area contributed by atoms with Crippen molar-refractivity contribution in [3.8, 4) is 11.5 Å². The Morgan fingerprint density at radius 1 is 1.21 bits per heavy atom. The predicted octanol–water partition coefficient (Wildman–Crippen LogP) is 2.01. The van der Waals surface area contributed by atoms with Crippen molar-refractivity contribution in [1.82, 2.24) is 10.2 Å². The summed E-state index contributed by atoms with van der Waals surface area (Å²) in [4.78, 5) is 39.0. The topological polar surface area (TPSA) is 135 Å². The number of carbonyl (C=O) groups is 3. The molecule has 0 heterocycles. The molecule has 39 heavy (non-hydrogen) atoms. The number of amides is 2. The zero-order valence-corrected chi connectivity index (χ0v) is 24.2. The van der Waals surface area contributed by atoms with Gasteiger partial charge in [0.05, 0.1) is 23.3 Å². The van der Waals surface area contributed by atoms with Crippen LogP contribution in [-0.2, 0) is 20.9 Å². The molecule has 3 rings (SSSR count). The number of hydrogen-bond acceptors (Lipinski definition) is 8. The molecule has 210 valence electrons. The van der Waals surface area contributed by atoms with E-state index in [1.165, 1.54) is 31.3 Å². The van der Waals surface area contributed by atoms with Crippen molar-refractivity contribution < 1.29 is 38.8 Å². The van der Waals surface area contributed by atoms with E-state index >= 15 is 0 Å². The van der Waals surface area contributed by atoms with Crippen LogP contribution in [0, 0.1) is 10.5 Å². The van der Waals surface area contributed by atoms with Gasteiger partial charge in [0.15, 0.2) is 11.5 Å². The molecule has 1 aliphatic rings. The minimum absolute atomic E-state index is 0.0451. The highest BCUT2D eigenvalue weighted by molar-refractivity contribution is 14.1. The first kappa shape index (κ1) is 30.5. The average molecular weight is 652 g/mol. The highest BCUT2D eigenvalue weighted by Gasteiger charge is 2.41. The van der Waals surface area contributed by atoms with Crippen molar-refractivity contribution in [1.29, 1.82) is 0 Å². The maximum Gasteiger partial charge on any atom is 0.249 e. The number of aryl methyl sites for hydroxylation is 1. The predicted molar refractivity (Wildman–Crippen MR) is 152 cm³/mol. The fourth-order valence-electron chi connectivity index (χ4n) is 4.32. The van der Waals surface area contributed by atoms with Gasteiger partial charge in [-0.2, -0.15) is 0 Å². The highest BCUT2D eigenvalue weighted by atomic mass is 127. The standard InChI is InChI=1S/C28H33IN2O8/c1-17-4-6-18(7-5-17)14-31(25(34)16-37-2)22-12-20(28(36)30-8-9-32)13-23(26(22)35)39-27-21(29)10-19(15-33)11-24(27)38-3/h4-7,10-11,13,15,22-23,26,32,35H,8-9,12,14,16H2,1-3H3,(H,30,36)/t22-,23+,26+/m1/s1. The molecule has 10 nitrogen and oxygen atoms in total. The number of methoxy groups -OCH3 is 2. The van der Waals surface area contributed by atoms with E-state index in [1.807, 2.05) is 53.8 Å². The van der Waals surface area contributed by atoms with Crippen LogP contribution in [0.1, 0.15) is 27.9 Å². The lowest BCUT2D eigenvalue weighted by Gasteiger charge is -2.40. The van der Waals surface area contributed by atoms with Crippen molar-refractivity contribution in [2.24, 2.45) is 0 Å². The van der Waals surface area contributed by atoms with Crippen LogP contribution in [0.2, 0.25) is 0 Å². The van der Waals surface area contributed by atoms with Gasteiger partial charge in [0.25, 0.3) is 0 Å². The molecule has 0 radical (unpaired) electrons. The quantitative estimate of drug-likeness (QED) is 0.234. The first-order valence-corrected chi connectivity index (χ1v) is 13.4. The van der Waals surface area contributed by atoms with E-state index in [4.69, 9.17) is 14.2 Å². The smallest absolute Gasteiger partial charge is 0.249 e.